The Morgan fingerprint density at radius 3 is 2.95 bits per heavy atom. The summed E-state index contributed by atoms with van der Waals surface area (Å²) in [6, 6.07) is 3.80. The molecular formula is C13H16N6O2. The molecule has 1 aliphatic carbocycles. The molecule has 0 bridgehead atoms. The number of carbonyl (C=O) groups is 1. The summed E-state index contributed by atoms with van der Waals surface area (Å²) in [5.74, 6) is 0.913. The van der Waals surface area contributed by atoms with E-state index in [0.717, 1.165) is 38.2 Å². The van der Waals surface area contributed by atoms with Gasteiger partial charge in [0, 0.05) is 13.1 Å². The Hall–Kier alpha value is -2.25. The summed E-state index contributed by atoms with van der Waals surface area (Å²) >= 11 is 0. The number of nitrogens with zero attached hydrogens (tertiary/aromatic N) is 6. The fraction of sp³-hybridized carbons (Fsp3) is 0.615. The molecule has 1 saturated heterocycles. The highest BCUT2D eigenvalue weighted by atomic mass is 16.5. The molecular weight excluding hydrogens is 272 g/mol. The lowest BCUT2D eigenvalue weighted by molar-refractivity contribution is -0.143. The molecule has 0 radical (unpaired) electrons. The molecule has 3 heterocycles. The van der Waals surface area contributed by atoms with Crippen molar-refractivity contribution in [1.82, 2.24) is 25.3 Å². The molecule has 2 fully saturated rings. The fourth-order valence-corrected chi connectivity index (χ4v) is 3.37. The van der Waals surface area contributed by atoms with Crippen LogP contribution in [-0.4, -0.2) is 51.4 Å². The number of tetrazole rings is 1. The first-order valence-corrected chi connectivity index (χ1v) is 7.10. The SMILES string of the molecule is COC(=O)C1CC12CCN(c1ccc3nnnn3n1)CC2. The average Bonchev–Trinajstić information content (AvgIpc) is 3.01. The van der Waals surface area contributed by atoms with Gasteiger partial charge in [0.05, 0.1) is 13.0 Å². The van der Waals surface area contributed by atoms with Gasteiger partial charge in [0.1, 0.15) is 0 Å². The number of rotatable bonds is 2. The number of anilines is 1. The van der Waals surface area contributed by atoms with E-state index in [2.05, 4.69) is 25.5 Å². The minimum absolute atomic E-state index is 0.0586. The minimum Gasteiger partial charge on any atom is -0.469 e. The maximum atomic E-state index is 11.6. The normalized spacial score (nSPS) is 23.5. The Morgan fingerprint density at radius 2 is 2.19 bits per heavy atom. The number of esters is 1. The van der Waals surface area contributed by atoms with Gasteiger partial charge >= 0.3 is 5.97 Å². The first-order chi connectivity index (χ1) is 10.2. The fourth-order valence-electron chi connectivity index (χ4n) is 3.37. The number of carbonyl (C=O) groups excluding carboxylic acids is 1. The van der Waals surface area contributed by atoms with Crippen LogP contribution in [0, 0.1) is 11.3 Å². The second-order valence-electron chi connectivity index (χ2n) is 5.85. The van der Waals surface area contributed by atoms with Crippen LogP contribution < -0.4 is 4.90 Å². The van der Waals surface area contributed by atoms with Gasteiger partial charge in [0.25, 0.3) is 0 Å². The van der Waals surface area contributed by atoms with Crippen LogP contribution >= 0.6 is 0 Å². The van der Waals surface area contributed by atoms with Gasteiger partial charge in [0.15, 0.2) is 11.5 Å². The Morgan fingerprint density at radius 1 is 1.38 bits per heavy atom. The van der Waals surface area contributed by atoms with E-state index >= 15 is 0 Å². The monoisotopic (exact) mass is 288 g/mol. The third-order valence-corrected chi connectivity index (χ3v) is 4.81. The van der Waals surface area contributed by atoms with E-state index in [0.29, 0.717) is 5.65 Å². The number of hydrogen-bond acceptors (Lipinski definition) is 7. The van der Waals surface area contributed by atoms with E-state index in [1.165, 1.54) is 11.7 Å². The van der Waals surface area contributed by atoms with Gasteiger partial charge < -0.3 is 9.64 Å². The molecule has 110 valence electrons. The van der Waals surface area contributed by atoms with E-state index in [9.17, 15) is 4.79 Å². The van der Waals surface area contributed by atoms with Gasteiger partial charge in [-0.15, -0.1) is 14.8 Å². The summed E-state index contributed by atoms with van der Waals surface area (Å²) in [7, 11) is 1.47. The van der Waals surface area contributed by atoms with Crippen molar-refractivity contribution < 1.29 is 9.53 Å². The molecule has 0 amide bonds. The summed E-state index contributed by atoms with van der Waals surface area (Å²) in [6.07, 6.45) is 2.97. The van der Waals surface area contributed by atoms with Gasteiger partial charge in [-0.2, -0.15) is 0 Å². The Kier molecular flexibility index (Phi) is 2.60. The number of piperidine rings is 1. The smallest absolute Gasteiger partial charge is 0.309 e. The Balaban J connectivity index is 1.47. The zero-order chi connectivity index (χ0) is 14.4. The molecule has 1 saturated carbocycles. The van der Waals surface area contributed by atoms with Gasteiger partial charge in [-0.25, -0.2) is 0 Å². The summed E-state index contributed by atoms with van der Waals surface area (Å²) in [5.41, 5.74) is 0.808. The quantitative estimate of drug-likeness (QED) is 0.734. The molecule has 1 spiro atoms. The molecule has 0 aromatic carbocycles. The second-order valence-corrected chi connectivity index (χ2v) is 5.85. The van der Waals surface area contributed by atoms with Gasteiger partial charge in [-0.1, -0.05) is 0 Å². The summed E-state index contributed by atoms with van der Waals surface area (Å²) < 4.78 is 6.30. The summed E-state index contributed by atoms with van der Waals surface area (Å²) in [5, 5.41) is 15.7. The van der Waals surface area contributed by atoms with Gasteiger partial charge in [0.2, 0.25) is 0 Å². The van der Waals surface area contributed by atoms with Crippen LogP contribution in [0.4, 0.5) is 5.82 Å². The minimum atomic E-state index is -0.0586. The number of ether oxygens (including phenoxy) is 1. The second kappa shape index (κ2) is 4.37. The third kappa shape index (κ3) is 1.93. The van der Waals surface area contributed by atoms with Crippen LogP contribution in [0.2, 0.25) is 0 Å². The zero-order valence-electron chi connectivity index (χ0n) is 11.8. The lowest BCUT2D eigenvalue weighted by atomic mass is 9.91. The molecule has 1 aliphatic heterocycles. The first kappa shape index (κ1) is 12.5. The van der Waals surface area contributed by atoms with Crippen molar-refractivity contribution in [2.24, 2.45) is 11.3 Å². The van der Waals surface area contributed by atoms with Gasteiger partial charge in [-0.05, 0) is 47.2 Å². The van der Waals surface area contributed by atoms with Crippen molar-refractivity contribution in [1.29, 1.82) is 0 Å². The molecule has 2 aromatic heterocycles. The lowest BCUT2D eigenvalue weighted by Crippen LogP contribution is -2.36. The number of aromatic nitrogens is 5. The molecule has 4 rings (SSSR count). The van der Waals surface area contributed by atoms with Crippen LogP contribution in [0.15, 0.2) is 12.1 Å². The van der Waals surface area contributed by atoms with E-state index in [1.54, 1.807) is 0 Å². The number of methoxy groups -OCH3 is 1. The Bertz CT molecular complexity index is 691. The summed E-state index contributed by atoms with van der Waals surface area (Å²) in [4.78, 5) is 13.9. The van der Waals surface area contributed by atoms with Crippen LogP contribution in [0.3, 0.4) is 0 Å². The van der Waals surface area contributed by atoms with Crippen molar-refractivity contribution in [3.05, 3.63) is 12.1 Å². The van der Waals surface area contributed by atoms with Crippen molar-refractivity contribution >= 4 is 17.4 Å². The van der Waals surface area contributed by atoms with E-state index in [1.807, 2.05) is 12.1 Å². The number of hydrogen-bond donors (Lipinski definition) is 0. The molecule has 0 N–H and O–H groups in total. The third-order valence-electron chi connectivity index (χ3n) is 4.81. The van der Waals surface area contributed by atoms with Crippen molar-refractivity contribution in [2.45, 2.75) is 19.3 Å². The van der Waals surface area contributed by atoms with Crippen molar-refractivity contribution in [3.8, 4) is 0 Å². The van der Waals surface area contributed by atoms with Crippen molar-refractivity contribution in [3.63, 3.8) is 0 Å². The molecule has 8 nitrogen and oxygen atoms in total. The highest BCUT2D eigenvalue weighted by Crippen LogP contribution is 2.59. The molecule has 2 aliphatic rings. The largest absolute Gasteiger partial charge is 0.469 e. The maximum Gasteiger partial charge on any atom is 0.309 e. The lowest BCUT2D eigenvalue weighted by Gasteiger charge is -2.33. The molecule has 1 unspecified atom stereocenters. The van der Waals surface area contributed by atoms with E-state index in [4.69, 9.17) is 4.74 Å². The molecule has 2 aromatic rings. The van der Waals surface area contributed by atoms with Crippen LogP contribution in [0.25, 0.3) is 5.65 Å². The highest BCUT2D eigenvalue weighted by Gasteiger charge is 2.59. The predicted octanol–water partition coefficient (Wildman–Crippen LogP) is 0.299. The maximum absolute atomic E-state index is 11.6. The average molecular weight is 288 g/mol. The van der Waals surface area contributed by atoms with Gasteiger partial charge in [-0.3, -0.25) is 4.79 Å². The standard InChI is InChI=1S/C13H16N6O2/c1-21-12(20)9-8-13(9)4-6-18(7-5-13)11-3-2-10-14-16-17-19(10)15-11/h2-3,9H,4-8H2,1H3. The van der Waals surface area contributed by atoms with Crippen molar-refractivity contribution in [2.75, 3.05) is 25.1 Å². The highest BCUT2D eigenvalue weighted by molar-refractivity contribution is 5.77. The molecule has 1 atom stereocenters. The summed E-state index contributed by atoms with van der Waals surface area (Å²) in [6.45, 7) is 1.79. The topological polar surface area (TPSA) is 85.5 Å². The predicted molar refractivity (Wildman–Crippen MR) is 72.6 cm³/mol. The number of fused-ring (bicyclic) bond motifs is 1. The van der Waals surface area contributed by atoms with Crippen LogP contribution in [0.1, 0.15) is 19.3 Å². The molecule has 8 heteroatoms. The Labute approximate surface area is 121 Å². The van der Waals surface area contributed by atoms with Crippen LogP contribution in [-0.2, 0) is 9.53 Å². The zero-order valence-corrected chi connectivity index (χ0v) is 11.8. The molecule has 21 heavy (non-hydrogen) atoms. The van der Waals surface area contributed by atoms with Crippen LogP contribution in [0.5, 0.6) is 0 Å². The first-order valence-electron chi connectivity index (χ1n) is 7.10. The van der Waals surface area contributed by atoms with E-state index < -0.39 is 0 Å². The van der Waals surface area contributed by atoms with E-state index in [-0.39, 0.29) is 17.3 Å².